The molecule has 0 unspecified atom stereocenters. The molecule has 1 aliphatic heterocycles. The summed E-state index contributed by atoms with van der Waals surface area (Å²) in [6.45, 7) is 4.28. The summed E-state index contributed by atoms with van der Waals surface area (Å²) in [6, 6.07) is 14.5. The number of piperidine rings is 1. The van der Waals surface area contributed by atoms with Crippen molar-refractivity contribution in [3.63, 3.8) is 0 Å². The first kappa shape index (κ1) is 15.6. The van der Waals surface area contributed by atoms with Crippen LogP contribution in [-0.2, 0) is 0 Å². The van der Waals surface area contributed by atoms with E-state index in [9.17, 15) is 5.11 Å². The molecule has 0 radical (unpaired) electrons. The maximum absolute atomic E-state index is 10.4. The zero-order valence-corrected chi connectivity index (χ0v) is 14.5. The first-order valence-electron chi connectivity index (χ1n) is 7.94. The Bertz CT molecular complexity index is 632. The molecular weight excluding hydrogens is 338 g/mol. The molecule has 0 amide bonds. The van der Waals surface area contributed by atoms with Gasteiger partial charge in [0.25, 0.3) is 0 Å². The van der Waals surface area contributed by atoms with E-state index in [-0.39, 0.29) is 6.04 Å². The van der Waals surface area contributed by atoms with Gasteiger partial charge in [-0.1, -0.05) is 52.2 Å². The number of likely N-dealkylation sites (tertiary alicyclic amines) is 1. The zero-order chi connectivity index (χ0) is 15.5. The Labute approximate surface area is 140 Å². The molecule has 0 bridgehead atoms. The molecule has 1 N–H and O–H groups in total. The van der Waals surface area contributed by atoms with E-state index in [1.165, 1.54) is 30.4 Å². The van der Waals surface area contributed by atoms with E-state index in [0.717, 1.165) is 23.1 Å². The highest BCUT2D eigenvalue weighted by Crippen LogP contribution is 2.37. The normalized spacial score (nSPS) is 17.4. The molecule has 2 aromatic rings. The van der Waals surface area contributed by atoms with Crippen molar-refractivity contribution in [1.82, 2.24) is 4.90 Å². The minimum absolute atomic E-state index is 0.124. The molecule has 22 heavy (non-hydrogen) atoms. The largest absolute Gasteiger partial charge is 0.508 e. The third-order valence-electron chi connectivity index (χ3n) is 4.43. The van der Waals surface area contributed by atoms with Crippen LogP contribution in [0.15, 0.2) is 46.9 Å². The van der Waals surface area contributed by atoms with Crippen LogP contribution in [0.5, 0.6) is 5.75 Å². The summed E-state index contributed by atoms with van der Waals surface area (Å²) in [7, 11) is 0. The molecule has 2 nitrogen and oxygen atoms in total. The van der Waals surface area contributed by atoms with Gasteiger partial charge in [0.1, 0.15) is 5.75 Å². The number of aryl methyl sites for hydroxylation is 1. The zero-order valence-electron chi connectivity index (χ0n) is 12.9. The highest BCUT2D eigenvalue weighted by Gasteiger charge is 2.26. The fourth-order valence-corrected chi connectivity index (χ4v) is 3.64. The van der Waals surface area contributed by atoms with Gasteiger partial charge in [0, 0.05) is 10.0 Å². The Morgan fingerprint density at radius 1 is 1.00 bits per heavy atom. The minimum Gasteiger partial charge on any atom is -0.508 e. The molecule has 0 aromatic heterocycles. The molecule has 3 heteroatoms. The van der Waals surface area contributed by atoms with Crippen LogP contribution in [0.25, 0.3) is 0 Å². The van der Waals surface area contributed by atoms with Gasteiger partial charge in [-0.15, -0.1) is 0 Å². The van der Waals surface area contributed by atoms with Gasteiger partial charge in [-0.2, -0.15) is 0 Å². The average molecular weight is 360 g/mol. The van der Waals surface area contributed by atoms with Crippen molar-refractivity contribution in [1.29, 1.82) is 0 Å². The molecule has 0 aliphatic carbocycles. The highest BCUT2D eigenvalue weighted by atomic mass is 79.9. The van der Waals surface area contributed by atoms with Gasteiger partial charge in [0.2, 0.25) is 0 Å². The predicted molar refractivity (Wildman–Crippen MR) is 94.3 cm³/mol. The molecule has 3 rings (SSSR count). The second-order valence-corrected chi connectivity index (χ2v) is 7.03. The average Bonchev–Trinajstić information content (AvgIpc) is 2.54. The number of phenolic OH excluding ortho intramolecular Hbond substituents is 1. The number of benzene rings is 2. The van der Waals surface area contributed by atoms with Crippen LogP contribution < -0.4 is 0 Å². The van der Waals surface area contributed by atoms with Crippen LogP contribution in [-0.4, -0.2) is 23.1 Å². The number of hydrogen-bond acceptors (Lipinski definition) is 2. The summed E-state index contributed by atoms with van der Waals surface area (Å²) < 4.78 is 1.01. The summed E-state index contributed by atoms with van der Waals surface area (Å²) in [6.07, 6.45) is 3.77. The van der Waals surface area contributed by atoms with Crippen molar-refractivity contribution in [3.05, 3.63) is 63.6 Å². The number of halogens is 1. The Kier molecular flexibility index (Phi) is 4.84. The van der Waals surface area contributed by atoms with Crippen LogP contribution >= 0.6 is 15.9 Å². The molecule has 0 spiro atoms. The first-order valence-corrected chi connectivity index (χ1v) is 8.73. The van der Waals surface area contributed by atoms with Gasteiger partial charge in [-0.05, 0) is 56.6 Å². The summed E-state index contributed by atoms with van der Waals surface area (Å²) in [5.74, 6) is 0.374. The molecule has 1 atom stereocenters. The highest BCUT2D eigenvalue weighted by molar-refractivity contribution is 9.10. The number of aromatic hydroxyl groups is 1. The van der Waals surface area contributed by atoms with E-state index in [1.54, 1.807) is 6.07 Å². The van der Waals surface area contributed by atoms with Gasteiger partial charge < -0.3 is 5.11 Å². The van der Waals surface area contributed by atoms with Gasteiger partial charge in [-0.25, -0.2) is 0 Å². The molecule has 1 aliphatic rings. The molecule has 0 saturated carbocycles. The molecular formula is C19H22BrNO. The van der Waals surface area contributed by atoms with E-state index in [2.05, 4.69) is 58.1 Å². The maximum atomic E-state index is 10.4. The van der Waals surface area contributed by atoms with Gasteiger partial charge in [-0.3, -0.25) is 4.90 Å². The number of hydrogen-bond donors (Lipinski definition) is 1. The lowest BCUT2D eigenvalue weighted by atomic mass is 9.94. The van der Waals surface area contributed by atoms with Crippen molar-refractivity contribution in [2.24, 2.45) is 0 Å². The summed E-state index contributed by atoms with van der Waals surface area (Å²) >= 11 is 3.54. The standard InChI is InChI=1S/C19H22BrNO/c1-14-5-7-15(8-6-14)19(21-11-3-2-4-12-21)17-13-16(20)9-10-18(17)22/h5-10,13,19,22H,2-4,11-12H2,1H3/t19-/m0/s1. The summed E-state index contributed by atoms with van der Waals surface area (Å²) in [5.41, 5.74) is 3.50. The quantitative estimate of drug-likeness (QED) is 0.829. The number of rotatable bonds is 3. The van der Waals surface area contributed by atoms with Crippen LogP contribution in [0.2, 0.25) is 0 Å². The fraction of sp³-hybridized carbons (Fsp3) is 0.368. The lowest BCUT2D eigenvalue weighted by Gasteiger charge is -2.35. The molecule has 2 aromatic carbocycles. The summed E-state index contributed by atoms with van der Waals surface area (Å²) in [4.78, 5) is 2.50. The van der Waals surface area contributed by atoms with E-state index in [1.807, 2.05) is 6.07 Å². The topological polar surface area (TPSA) is 23.5 Å². The molecule has 1 saturated heterocycles. The number of nitrogens with zero attached hydrogens (tertiary/aromatic N) is 1. The third kappa shape index (κ3) is 3.36. The van der Waals surface area contributed by atoms with Crippen LogP contribution in [0.1, 0.15) is 42.0 Å². The fourth-order valence-electron chi connectivity index (χ4n) is 3.26. The van der Waals surface area contributed by atoms with Crippen molar-refractivity contribution >= 4 is 15.9 Å². The molecule has 116 valence electrons. The van der Waals surface area contributed by atoms with E-state index >= 15 is 0 Å². The van der Waals surface area contributed by atoms with Crippen molar-refractivity contribution < 1.29 is 5.11 Å². The first-order chi connectivity index (χ1) is 10.6. The second-order valence-electron chi connectivity index (χ2n) is 6.11. The van der Waals surface area contributed by atoms with Gasteiger partial charge in [0.15, 0.2) is 0 Å². The summed E-state index contributed by atoms with van der Waals surface area (Å²) in [5, 5.41) is 10.4. The second kappa shape index (κ2) is 6.84. The smallest absolute Gasteiger partial charge is 0.120 e. The third-order valence-corrected chi connectivity index (χ3v) is 4.93. The Morgan fingerprint density at radius 3 is 2.36 bits per heavy atom. The Balaban J connectivity index is 2.05. The van der Waals surface area contributed by atoms with E-state index < -0.39 is 0 Å². The van der Waals surface area contributed by atoms with Gasteiger partial charge in [0.05, 0.1) is 6.04 Å². The minimum atomic E-state index is 0.124. The van der Waals surface area contributed by atoms with Crippen LogP contribution in [0.3, 0.4) is 0 Å². The van der Waals surface area contributed by atoms with Crippen molar-refractivity contribution in [3.8, 4) is 5.75 Å². The lowest BCUT2D eigenvalue weighted by molar-refractivity contribution is 0.185. The molecule has 1 heterocycles. The molecule has 1 fully saturated rings. The lowest BCUT2D eigenvalue weighted by Crippen LogP contribution is -2.34. The van der Waals surface area contributed by atoms with Crippen LogP contribution in [0, 0.1) is 6.92 Å². The maximum Gasteiger partial charge on any atom is 0.120 e. The van der Waals surface area contributed by atoms with Gasteiger partial charge >= 0.3 is 0 Å². The number of phenols is 1. The van der Waals surface area contributed by atoms with E-state index in [0.29, 0.717) is 5.75 Å². The monoisotopic (exact) mass is 359 g/mol. The van der Waals surface area contributed by atoms with Crippen molar-refractivity contribution in [2.75, 3.05) is 13.1 Å². The van der Waals surface area contributed by atoms with Crippen molar-refractivity contribution in [2.45, 2.75) is 32.2 Å². The predicted octanol–water partition coefficient (Wildman–Crippen LogP) is 5.04. The van der Waals surface area contributed by atoms with E-state index in [4.69, 9.17) is 0 Å². The Hall–Kier alpha value is -1.32. The SMILES string of the molecule is Cc1ccc([C@@H](c2cc(Br)ccc2O)N2CCCCC2)cc1. The van der Waals surface area contributed by atoms with Crippen LogP contribution in [0.4, 0.5) is 0 Å². The Morgan fingerprint density at radius 2 is 1.68 bits per heavy atom.